The highest BCUT2D eigenvalue weighted by molar-refractivity contribution is 9.10. The van der Waals surface area contributed by atoms with Crippen LogP contribution in [0.5, 0.6) is 11.5 Å². The van der Waals surface area contributed by atoms with Crippen molar-refractivity contribution in [1.29, 1.82) is 0 Å². The van der Waals surface area contributed by atoms with Crippen LogP contribution in [0.25, 0.3) is 0 Å². The van der Waals surface area contributed by atoms with Crippen molar-refractivity contribution in [1.82, 2.24) is 0 Å². The fourth-order valence-electron chi connectivity index (χ4n) is 1.86. The quantitative estimate of drug-likeness (QED) is 0.855. The van der Waals surface area contributed by atoms with E-state index >= 15 is 0 Å². The van der Waals surface area contributed by atoms with E-state index in [1.165, 1.54) is 17.7 Å². The highest BCUT2D eigenvalue weighted by Crippen LogP contribution is 2.33. The second kappa shape index (κ2) is 6.63. The van der Waals surface area contributed by atoms with Gasteiger partial charge in [-0.3, -0.25) is 0 Å². The number of aryl methyl sites for hydroxylation is 1. The van der Waals surface area contributed by atoms with Gasteiger partial charge in [-0.1, -0.05) is 31.2 Å². The number of carbonyl (C=O) groups is 1. The van der Waals surface area contributed by atoms with Crippen LogP contribution in [0.2, 0.25) is 0 Å². The third-order valence-corrected chi connectivity index (χ3v) is 3.73. The van der Waals surface area contributed by atoms with Crippen molar-refractivity contribution in [3.8, 4) is 11.5 Å². The highest BCUT2D eigenvalue weighted by Gasteiger charge is 2.14. The Hall–Kier alpha value is -2.01. The van der Waals surface area contributed by atoms with Gasteiger partial charge in [0, 0.05) is 6.07 Å². The number of hydrogen-bond donors (Lipinski definition) is 2. The fraction of sp³-hybridized carbons (Fsp3) is 0.188. The Morgan fingerprint density at radius 1 is 1.19 bits per heavy atom. The van der Waals surface area contributed by atoms with Crippen molar-refractivity contribution in [3.63, 3.8) is 0 Å². The molecule has 0 aliphatic heterocycles. The zero-order chi connectivity index (χ0) is 15.4. The molecule has 0 amide bonds. The van der Waals surface area contributed by atoms with Gasteiger partial charge in [0.05, 0.1) is 4.47 Å². The number of ether oxygens (including phenoxy) is 1. The molecule has 0 heterocycles. The Labute approximate surface area is 131 Å². The monoisotopic (exact) mass is 350 g/mol. The average molecular weight is 351 g/mol. The molecule has 2 rings (SSSR count). The van der Waals surface area contributed by atoms with Crippen LogP contribution < -0.4 is 4.74 Å². The summed E-state index contributed by atoms with van der Waals surface area (Å²) < 4.78 is 6.10. The number of phenols is 1. The van der Waals surface area contributed by atoms with Gasteiger partial charge in [-0.25, -0.2) is 4.79 Å². The molecule has 2 aromatic rings. The summed E-state index contributed by atoms with van der Waals surface area (Å²) in [5.41, 5.74) is 2.09. The second-order valence-corrected chi connectivity index (χ2v) is 5.42. The van der Waals surface area contributed by atoms with Crippen LogP contribution in [-0.4, -0.2) is 16.2 Å². The topological polar surface area (TPSA) is 66.8 Å². The summed E-state index contributed by atoms with van der Waals surface area (Å²) in [5, 5.41) is 18.6. The predicted molar refractivity (Wildman–Crippen MR) is 82.9 cm³/mol. The lowest BCUT2D eigenvalue weighted by Gasteiger charge is -2.10. The van der Waals surface area contributed by atoms with E-state index in [4.69, 9.17) is 9.84 Å². The lowest BCUT2D eigenvalue weighted by molar-refractivity contribution is 0.0693. The zero-order valence-electron chi connectivity index (χ0n) is 11.5. The molecule has 5 heteroatoms. The Kier molecular flexibility index (Phi) is 4.85. The van der Waals surface area contributed by atoms with E-state index in [-0.39, 0.29) is 11.3 Å². The third kappa shape index (κ3) is 3.76. The van der Waals surface area contributed by atoms with E-state index in [1.54, 1.807) is 0 Å². The Morgan fingerprint density at radius 3 is 2.38 bits per heavy atom. The van der Waals surface area contributed by atoms with Gasteiger partial charge in [0.15, 0.2) is 0 Å². The summed E-state index contributed by atoms with van der Waals surface area (Å²) >= 11 is 3.25. The fourth-order valence-corrected chi connectivity index (χ4v) is 2.31. The molecule has 21 heavy (non-hydrogen) atoms. The predicted octanol–water partition coefficient (Wildman–Crippen LogP) is 3.99. The van der Waals surface area contributed by atoms with Crippen molar-refractivity contribution >= 4 is 21.9 Å². The number of hydrogen-bond acceptors (Lipinski definition) is 3. The molecule has 0 saturated carbocycles. The molecule has 0 unspecified atom stereocenters. The van der Waals surface area contributed by atoms with Gasteiger partial charge in [-0.2, -0.15) is 0 Å². The summed E-state index contributed by atoms with van der Waals surface area (Å²) in [6.45, 7) is 2.43. The maximum absolute atomic E-state index is 10.9. The van der Waals surface area contributed by atoms with E-state index in [0.717, 1.165) is 12.0 Å². The summed E-state index contributed by atoms with van der Waals surface area (Å²) in [7, 11) is 0. The molecule has 110 valence electrons. The van der Waals surface area contributed by atoms with Gasteiger partial charge >= 0.3 is 5.97 Å². The Bertz CT molecular complexity index is 650. The smallest absolute Gasteiger partial charge is 0.339 e. The molecule has 0 spiro atoms. The molecule has 0 bridgehead atoms. The second-order valence-electron chi connectivity index (χ2n) is 4.56. The number of benzene rings is 2. The number of rotatable bonds is 5. The first-order valence-corrected chi connectivity index (χ1v) is 7.27. The van der Waals surface area contributed by atoms with Crippen LogP contribution in [0, 0.1) is 0 Å². The minimum atomic E-state index is -1.19. The molecular weight excluding hydrogens is 336 g/mol. The number of carboxylic acid groups (broad SMARTS) is 1. The standard InChI is InChI=1S/C16H15BrO4/c1-2-10-3-5-11(6-4-10)9-21-15-8-14(18)12(16(19)20)7-13(15)17/h3-8,18H,2,9H2,1H3,(H,19,20). The van der Waals surface area contributed by atoms with Crippen molar-refractivity contribution in [2.75, 3.05) is 0 Å². The first-order valence-electron chi connectivity index (χ1n) is 6.47. The van der Waals surface area contributed by atoms with Gasteiger partial charge in [0.25, 0.3) is 0 Å². The summed E-state index contributed by atoms with van der Waals surface area (Å²) in [5.74, 6) is -1.10. The molecule has 0 saturated heterocycles. The van der Waals surface area contributed by atoms with Gasteiger partial charge < -0.3 is 14.9 Å². The number of halogens is 1. The van der Waals surface area contributed by atoms with Crippen LogP contribution in [0.4, 0.5) is 0 Å². The van der Waals surface area contributed by atoms with E-state index in [9.17, 15) is 9.90 Å². The molecule has 4 nitrogen and oxygen atoms in total. The lowest BCUT2D eigenvalue weighted by Crippen LogP contribution is -2.00. The maximum atomic E-state index is 10.9. The maximum Gasteiger partial charge on any atom is 0.339 e. The minimum absolute atomic E-state index is 0.165. The third-order valence-electron chi connectivity index (χ3n) is 3.11. The van der Waals surface area contributed by atoms with Crippen molar-refractivity contribution < 1.29 is 19.7 Å². The van der Waals surface area contributed by atoms with Gasteiger partial charge in [-0.05, 0) is 39.5 Å². The molecule has 0 aliphatic carbocycles. The largest absolute Gasteiger partial charge is 0.507 e. The van der Waals surface area contributed by atoms with Crippen molar-refractivity contribution in [3.05, 3.63) is 57.6 Å². The summed E-state index contributed by atoms with van der Waals surface area (Å²) in [4.78, 5) is 10.9. The number of aromatic hydroxyl groups is 1. The van der Waals surface area contributed by atoms with E-state index in [0.29, 0.717) is 16.8 Å². The molecule has 0 aromatic heterocycles. The Balaban J connectivity index is 2.12. The van der Waals surface area contributed by atoms with Crippen LogP contribution >= 0.6 is 15.9 Å². The summed E-state index contributed by atoms with van der Waals surface area (Å²) in [6, 6.07) is 10.7. The normalized spacial score (nSPS) is 10.4. The van der Waals surface area contributed by atoms with Crippen molar-refractivity contribution in [2.45, 2.75) is 20.0 Å². The van der Waals surface area contributed by atoms with Gasteiger partial charge in [0.2, 0.25) is 0 Å². The first-order chi connectivity index (χ1) is 10.0. The first kappa shape index (κ1) is 15.4. The van der Waals surface area contributed by atoms with Gasteiger partial charge in [0.1, 0.15) is 23.7 Å². The average Bonchev–Trinajstić information content (AvgIpc) is 2.48. The molecular formula is C16H15BrO4. The van der Waals surface area contributed by atoms with Crippen LogP contribution in [0.1, 0.15) is 28.4 Å². The molecule has 0 aliphatic rings. The molecule has 0 fully saturated rings. The molecule has 0 atom stereocenters. The van der Waals surface area contributed by atoms with Crippen molar-refractivity contribution in [2.24, 2.45) is 0 Å². The number of carboxylic acids is 1. The lowest BCUT2D eigenvalue weighted by atomic mass is 10.1. The number of aromatic carboxylic acids is 1. The van der Waals surface area contributed by atoms with Crippen LogP contribution in [0.3, 0.4) is 0 Å². The van der Waals surface area contributed by atoms with E-state index < -0.39 is 5.97 Å². The molecule has 2 N–H and O–H groups in total. The highest BCUT2D eigenvalue weighted by atomic mass is 79.9. The Morgan fingerprint density at radius 2 is 1.81 bits per heavy atom. The zero-order valence-corrected chi connectivity index (χ0v) is 13.1. The van der Waals surface area contributed by atoms with Crippen LogP contribution in [0.15, 0.2) is 40.9 Å². The molecule has 0 radical (unpaired) electrons. The van der Waals surface area contributed by atoms with Crippen LogP contribution in [-0.2, 0) is 13.0 Å². The SMILES string of the molecule is CCc1ccc(COc2cc(O)c(C(=O)O)cc2Br)cc1. The van der Waals surface area contributed by atoms with Gasteiger partial charge in [-0.15, -0.1) is 0 Å². The summed E-state index contributed by atoms with van der Waals surface area (Å²) in [6.07, 6.45) is 0.983. The minimum Gasteiger partial charge on any atom is -0.507 e. The van der Waals surface area contributed by atoms with E-state index in [2.05, 4.69) is 22.9 Å². The molecule has 2 aromatic carbocycles. The van der Waals surface area contributed by atoms with E-state index in [1.807, 2.05) is 24.3 Å².